The molecule has 1 aromatic carbocycles. The first-order valence-electron chi connectivity index (χ1n) is 4.86. The van der Waals surface area contributed by atoms with Gasteiger partial charge in [-0.1, -0.05) is 0 Å². The number of aryl methyl sites for hydroxylation is 1. The van der Waals surface area contributed by atoms with E-state index >= 15 is 0 Å². The maximum atomic E-state index is 11.9. The molecule has 1 rings (SSSR count). The highest BCUT2D eigenvalue weighted by Gasteiger charge is 2.23. The molecule has 0 radical (unpaired) electrons. The fraction of sp³-hybridized carbons (Fsp3) is 0.400. The average molecular weight is 258 g/mol. The number of nitro benzene ring substituents is 1. The quantitative estimate of drug-likeness (QED) is 0.607. The van der Waals surface area contributed by atoms with Gasteiger partial charge in [0.1, 0.15) is 0 Å². The lowest BCUT2D eigenvalue weighted by molar-refractivity contribution is -0.385. The molecule has 17 heavy (non-hydrogen) atoms. The molecule has 0 spiro atoms. The Kier molecular flexibility index (Phi) is 3.53. The number of hydrogen-bond acceptors (Lipinski definition) is 4. The van der Waals surface area contributed by atoms with Gasteiger partial charge in [0.05, 0.1) is 9.82 Å². The summed E-state index contributed by atoms with van der Waals surface area (Å²) in [7, 11) is -0.873. The summed E-state index contributed by atoms with van der Waals surface area (Å²) < 4.78 is 24.8. The van der Waals surface area contributed by atoms with Crippen LogP contribution in [-0.4, -0.2) is 31.7 Å². The molecule has 1 aromatic rings. The summed E-state index contributed by atoms with van der Waals surface area (Å²) in [6.45, 7) is 3.25. The standard InChI is InChI=1S/C10H14N2O4S/c1-7-5-9(17(15,16)11(3)4)6-10(8(7)2)12(13)14/h5-6H,1-4H3. The monoisotopic (exact) mass is 258 g/mol. The molecular formula is C10H14N2O4S. The Bertz CT molecular complexity index is 564. The zero-order valence-corrected chi connectivity index (χ0v) is 10.9. The van der Waals surface area contributed by atoms with Crippen LogP contribution in [0, 0.1) is 24.0 Å². The van der Waals surface area contributed by atoms with Gasteiger partial charge in [-0.05, 0) is 25.5 Å². The van der Waals surface area contributed by atoms with Crippen molar-refractivity contribution in [1.29, 1.82) is 0 Å². The number of nitrogens with zero attached hydrogens (tertiary/aromatic N) is 2. The Balaban J connectivity index is 3.55. The number of benzene rings is 1. The zero-order valence-electron chi connectivity index (χ0n) is 10.1. The second-order valence-corrected chi connectivity index (χ2v) is 6.08. The van der Waals surface area contributed by atoms with Crippen LogP contribution in [-0.2, 0) is 10.0 Å². The summed E-state index contributed by atoms with van der Waals surface area (Å²) >= 11 is 0. The fourth-order valence-electron chi connectivity index (χ4n) is 1.36. The first kappa shape index (κ1) is 13.6. The Morgan fingerprint density at radius 2 is 1.76 bits per heavy atom. The van der Waals surface area contributed by atoms with Crippen LogP contribution >= 0.6 is 0 Å². The van der Waals surface area contributed by atoms with E-state index in [1.807, 2.05) is 0 Å². The Labute approximate surface area is 100 Å². The number of hydrogen-bond donors (Lipinski definition) is 0. The Morgan fingerprint density at radius 3 is 2.18 bits per heavy atom. The molecule has 0 aromatic heterocycles. The second kappa shape index (κ2) is 4.42. The number of nitro groups is 1. The maximum Gasteiger partial charge on any atom is 0.273 e. The second-order valence-electron chi connectivity index (χ2n) is 3.93. The molecule has 0 saturated carbocycles. The van der Waals surface area contributed by atoms with Crippen molar-refractivity contribution in [2.24, 2.45) is 0 Å². The summed E-state index contributed by atoms with van der Waals surface area (Å²) in [4.78, 5) is 10.2. The predicted octanol–water partition coefficient (Wildman–Crippen LogP) is 1.46. The van der Waals surface area contributed by atoms with Crippen molar-refractivity contribution in [3.63, 3.8) is 0 Å². The van der Waals surface area contributed by atoms with Crippen LogP contribution in [0.15, 0.2) is 17.0 Å². The van der Waals surface area contributed by atoms with Gasteiger partial charge in [-0.25, -0.2) is 12.7 Å². The molecule has 94 valence electrons. The van der Waals surface area contributed by atoms with Crippen molar-refractivity contribution in [1.82, 2.24) is 4.31 Å². The van der Waals surface area contributed by atoms with E-state index < -0.39 is 14.9 Å². The first-order chi connectivity index (χ1) is 7.67. The number of rotatable bonds is 3. The lowest BCUT2D eigenvalue weighted by Gasteiger charge is -2.12. The molecule has 7 heteroatoms. The minimum Gasteiger partial charge on any atom is -0.258 e. The van der Waals surface area contributed by atoms with Crippen molar-refractivity contribution in [2.75, 3.05) is 14.1 Å². The molecule has 0 amide bonds. The Hall–Kier alpha value is -1.47. The molecule has 0 bridgehead atoms. The molecular weight excluding hydrogens is 244 g/mol. The van der Waals surface area contributed by atoms with Gasteiger partial charge in [0, 0.05) is 25.7 Å². The van der Waals surface area contributed by atoms with Gasteiger partial charge < -0.3 is 0 Å². The fourth-order valence-corrected chi connectivity index (χ4v) is 2.37. The summed E-state index contributed by atoms with van der Waals surface area (Å²) in [6.07, 6.45) is 0. The van der Waals surface area contributed by atoms with E-state index in [4.69, 9.17) is 0 Å². The highest BCUT2D eigenvalue weighted by Crippen LogP contribution is 2.26. The molecule has 0 aliphatic rings. The molecule has 0 heterocycles. The lowest BCUT2D eigenvalue weighted by Crippen LogP contribution is -2.22. The van der Waals surface area contributed by atoms with E-state index in [2.05, 4.69) is 0 Å². The zero-order chi connectivity index (χ0) is 13.4. The van der Waals surface area contributed by atoms with Crippen LogP contribution in [0.1, 0.15) is 11.1 Å². The van der Waals surface area contributed by atoms with Gasteiger partial charge in [-0.15, -0.1) is 0 Å². The summed E-state index contributed by atoms with van der Waals surface area (Å²) in [5, 5.41) is 10.8. The maximum absolute atomic E-state index is 11.9. The van der Waals surface area contributed by atoms with Crippen LogP contribution in [0.5, 0.6) is 0 Å². The molecule has 0 atom stereocenters. The van der Waals surface area contributed by atoms with Crippen LogP contribution in [0.25, 0.3) is 0 Å². The van der Waals surface area contributed by atoms with Crippen LogP contribution < -0.4 is 0 Å². The van der Waals surface area contributed by atoms with E-state index in [0.717, 1.165) is 10.4 Å². The minimum absolute atomic E-state index is 0.0581. The average Bonchev–Trinajstić information content (AvgIpc) is 2.20. The molecule has 0 fully saturated rings. The molecule has 0 aliphatic heterocycles. The predicted molar refractivity (Wildman–Crippen MR) is 63.4 cm³/mol. The van der Waals surface area contributed by atoms with E-state index in [0.29, 0.717) is 11.1 Å². The van der Waals surface area contributed by atoms with Crippen molar-refractivity contribution < 1.29 is 13.3 Å². The van der Waals surface area contributed by atoms with Gasteiger partial charge in [0.25, 0.3) is 5.69 Å². The largest absolute Gasteiger partial charge is 0.273 e. The highest BCUT2D eigenvalue weighted by atomic mass is 32.2. The van der Waals surface area contributed by atoms with E-state index in [-0.39, 0.29) is 10.6 Å². The van der Waals surface area contributed by atoms with Crippen molar-refractivity contribution in [3.05, 3.63) is 33.4 Å². The summed E-state index contributed by atoms with van der Waals surface area (Å²) in [5.41, 5.74) is 0.887. The molecule has 6 nitrogen and oxygen atoms in total. The van der Waals surface area contributed by atoms with Crippen LogP contribution in [0.4, 0.5) is 5.69 Å². The van der Waals surface area contributed by atoms with Gasteiger partial charge in [-0.2, -0.15) is 0 Å². The summed E-state index contributed by atoms with van der Waals surface area (Å²) in [6, 6.07) is 2.54. The first-order valence-corrected chi connectivity index (χ1v) is 6.30. The van der Waals surface area contributed by atoms with Crippen LogP contribution in [0.2, 0.25) is 0 Å². The highest BCUT2D eigenvalue weighted by molar-refractivity contribution is 7.89. The topological polar surface area (TPSA) is 80.5 Å². The van der Waals surface area contributed by atoms with E-state index in [1.54, 1.807) is 13.8 Å². The van der Waals surface area contributed by atoms with Crippen molar-refractivity contribution in [2.45, 2.75) is 18.7 Å². The molecule has 0 unspecified atom stereocenters. The van der Waals surface area contributed by atoms with Gasteiger partial charge in [0.15, 0.2) is 0 Å². The third kappa shape index (κ3) is 2.45. The smallest absolute Gasteiger partial charge is 0.258 e. The normalized spacial score (nSPS) is 11.8. The van der Waals surface area contributed by atoms with Crippen molar-refractivity contribution >= 4 is 15.7 Å². The lowest BCUT2D eigenvalue weighted by atomic mass is 10.1. The third-order valence-corrected chi connectivity index (χ3v) is 4.38. The SMILES string of the molecule is Cc1cc(S(=O)(=O)N(C)C)cc([N+](=O)[O-])c1C. The van der Waals surface area contributed by atoms with Gasteiger partial charge in [0.2, 0.25) is 10.0 Å². The van der Waals surface area contributed by atoms with Gasteiger partial charge in [-0.3, -0.25) is 10.1 Å². The molecule has 0 N–H and O–H groups in total. The molecule has 0 aliphatic carbocycles. The van der Waals surface area contributed by atoms with Crippen molar-refractivity contribution in [3.8, 4) is 0 Å². The summed E-state index contributed by atoms with van der Waals surface area (Å²) in [5.74, 6) is 0. The van der Waals surface area contributed by atoms with E-state index in [1.165, 1.54) is 20.2 Å². The van der Waals surface area contributed by atoms with E-state index in [9.17, 15) is 18.5 Å². The van der Waals surface area contributed by atoms with Gasteiger partial charge >= 0.3 is 0 Å². The third-order valence-electron chi connectivity index (χ3n) is 2.59. The Morgan fingerprint density at radius 1 is 1.24 bits per heavy atom. The van der Waals surface area contributed by atoms with Crippen LogP contribution in [0.3, 0.4) is 0 Å². The number of sulfonamides is 1. The minimum atomic E-state index is -3.64. The molecule has 0 saturated heterocycles.